The Kier molecular flexibility index (Phi) is 10.0. The monoisotopic (exact) mass is 529 g/mol. The van der Waals surface area contributed by atoms with Gasteiger partial charge in [-0.3, -0.25) is 4.79 Å². The first-order chi connectivity index (χ1) is 16.7. The first-order valence-corrected chi connectivity index (χ1v) is 12.6. The van der Waals surface area contributed by atoms with Crippen LogP contribution in [-0.2, 0) is 26.2 Å². The predicted octanol–water partition coefficient (Wildman–Crippen LogP) is 2.87. The standard InChI is InChI=1S/C22H29N3O3S.C2HF3O2/c1-17-5-4-6-20(14-17)15-25(16-22(26)24-11-9-23-10-12-24)29(27,28)21-8-7-18(2)13-19(21)3;3-2(4,5)1(6)7/h4-8,13-14,23H,9-12,15-16H2,1-3H3;(H,6,7). The molecular formula is C24H30F3N3O5S. The Morgan fingerprint density at radius 1 is 1.03 bits per heavy atom. The molecule has 2 aromatic rings. The van der Waals surface area contributed by atoms with Gasteiger partial charge in [0.25, 0.3) is 0 Å². The fraction of sp³-hybridized carbons (Fsp3) is 0.417. The van der Waals surface area contributed by atoms with Crippen LogP contribution in [-0.4, -0.2) is 73.5 Å². The third-order valence-corrected chi connectivity index (χ3v) is 7.37. The third-order valence-electron chi connectivity index (χ3n) is 5.41. The quantitative estimate of drug-likeness (QED) is 0.596. The molecule has 12 heteroatoms. The number of carbonyl (C=O) groups excluding carboxylic acids is 1. The summed E-state index contributed by atoms with van der Waals surface area (Å²) in [7, 11) is -3.82. The molecule has 36 heavy (non-hydrogen) atoms. The highest BCUT2D eigenvalue weighted by Crippen LogP contribution is 2.23. The maximum Gasteiger partial charge on any atom is 0.490 e. The van der Waals surface area contributed by atoms with E-state index in [1.165, 1.54) is 4.31 Å². The van der Waals surface area contributed by atoms with Crippen molar-refractivity contribution in [3.8, 4) is 0 Å². The summed E-state index contributed by atoms with van der Waals surface area (Å²) in [5.74, 6) is -2.92. The maximum atomic E-state index is 13.5. The number of hydrogen-bond acceptors (Lipinski definition) is 5. The van der Waals surface area contributed by atoms with Crippen molar-refractivity contribution in [2.24, 2.45) is 0 Å². The fourth-order valence-electron chi connectivity index (χ4n) is 3.63. The predicted molar refractivity (Wildman–Crippen MR) is 128 cm³/mol. The van der Waals surface area contributed by atoms with Crippen LogP contribution >= 0.6 is 0 Å². The van der Waals surface area contributed by atoms with Crippen LogP contribution in [0.4, 0.5) is 13.2 Å². The van der Waals surface area contributed by atoms with Crippen molar-refractivity contribution in [2.75, 3.05) is 32.7 Å². The van der Waals surface area contributed by atoms with E-state index in [9.17, 15) is 26.4 Å². The molecule has 1 amide bonds. The molecule has 0 spiro atoms. The lowest BCUT2D eigenvalue weighted by atomic mass is 10.1. The molecule has 1 aliphatic heterocycles. The van der Waals surface area contributed by atoms with Crippen molar-refractivity contribution in [3.05, 3.63) is 64.7 Å². The number of benzene rings is 2. The summed E-state index contributed by atoms with van der Waals surface area (Å²) in [5, 5.41) is 10.3. The lowest BCUT2D eigenvalue weighted by molar-refractivity contribution is -0.192. The molecule has 2 aromatic carbocycles. The van der Waals surface area contributed by atoms with Gasteiger partial charge in [-0.25, -0.2) is 13.2 Å². The number of hydrogen-bond donors (Lipinski definition) is 2. The van der Waals surface area contributed by atoms with E-state index in [2.05, 4.69) is 5.32 Å². The largest absolute Gasteiger partial charge is 0.490 e. The summed E-state index contributed by atoms with van der Waals surface area (Å²) in [5.41, 5.74) is 3.61. The molecule has 0 bridgehead atoms. The number of nitrogens with zero attached hydrogens (tertiary/aromatic N) is 2. The zero-order chi connectivity index (χ0) is 27.1. The summed E-state index contributed by atoms with van der Waals surface area (Å²) in [6.45, 7) is 8.35. The number of nitrogens with one attached hydrogen (secondary N) is 1. The molecule has 0 unspecified atom stereocenters. The van der Waals surface area contributed by atoms with E-state index in [0.29, 0.717) is 18.7 Å². The summed E-state index contributed by atoms with van der Waals surface area (Å²) < 4.78 is 60.1. The number of aliphatic carboxylic acids is 1. The lowest BCUT2D eigenvalue weighted by Gasteiger charge is -2.30. The first kappa shape index (κ1) is 29.3. The number of amides is 1. The lowest BCUT2D eigenvalue weighted by Crippen LogP contribution is -2.50. The van der Waals surface area contributed by atoms with Gasteiger partial charge < -0.3 is 15.3 Å². The second-order valence-corrected chi connectivity index (χ2v) is 10.4. The average Bonchev–Trinajstić information content (AvgIpc) is 2.78. The normalized spacial score (nSPS) is 14.2. The van der Waals surface area contributed by atoms with Crippen molar-refractivity contribution in [1.29, 1.82) is 0 Å². The molecule has 1 heterocycles. The zero-order valence-corrected chi connectivity index (χ0v) is 21.1. The Hall–Kier alpha value is -2.96. The van der Waals surface area contributed by atoms with Gasteiger partial charge in [-0.1, -0.05) is 47.5 Å². The van der Waals surface area contributed by atoms with Crippen molar-refractivity contribution >= 4 is 21.9 Å². The van der Waals surface area contributed by atoms with Crippen LogP contribution in [0.25, 0.3) is 0 Å². The number of piperazine rings is 1. The number of halogens is 3. The Morgan fingerprint density at radius 2 is 1.61 bits per heavy atom. The van der Waals surface area contributed by atoms with Crippen molar-refractivity contribution in [1.82, 2.24) is 14.5 Å². The van der Waals surface area contributed by atoms with Gasteiger partial charge in [-0.05, 0) is 38.0 Å². The van der Waals surface area contributed by atoms with E-state index in [1.807, 2.05) is 44.2 Å². The van der Waals surface area contributed by atoms with E-state index >= 15 is 0 Å². The van der Waals surface area contributed by atoms with Gasteiger partial charge in [-0.2, -0.15) is 17.5 Å². The molecule has 0 saturated carbocycles. The number of carbonyl (C=O) groups is 2. The second kappa shape index (κ2) is 12.3. The average molecular weight is 530 g/mol. The third kappa shape index (κ3) is 8.32. The Morgan fingerprint density at radius 3 is 2.14 bits per heavy atom. The molecule has 0 atom stereocenters. The number of carboxylic acids is 1. The van der Waals surface area contributed by atoms with Gasteiger partial charge in [0.05, 0.1) is 11.4 Å². The first-order valence-electron chi connectivity index (χ1n) is 11.1. The van der Waals surface area contributed by atoms with Gasteiger partial charge >= 0.3 is 12.1 Å². The number of carboxylic acid groups (broad SMARTS) is 1. The molecule has 198 valence electrons. The molecule has 3 rings (SSSR count). The van der Waals surface area contributed by atoms with Gasteiger partial charge in [0.1, 0.15) is 0 Å². The van der Waals surface area contributed by atoms with Gasteiger partial charge in [0, 0.05) is 32.7 Å². The van der Waals surface area contributed by atoms with Crippen molar-refractivity contribution < 1.29 is 36.3 Å². The fourth-order valence-corrected chi connectivity index (χ4v) is 5.22. The van der Waals surface area contributed by atoms with E-state index in [4.69, 9.17) is 9.90 Å². The van der Waals surface area contributed by atoms with E-state index < -0.39 is 22.2 Å². The molecule has 0 aliphatic carbocycles. The summed E-state index contributed by atoms with van der Waals surface area (Å²) in [6, 6.07) is 13.0. The molecule has 2 N–H and O–H groups in total. The van der Waals surface area contributed by atoms with E-state index in [0.717, 1.165) is 29.8 Å². The molecule has 1 aliphatic rings. The van der Waals surface area contributed by atoms with Crippen molar-refractivity contribution in [3.63, 3.8) is 0 Å². The Labute approximate surface area is 208 Å². The van der Waals surface area contributed by atoms with Crippen LogP contribution in [0.5, 0.6) is 0 Å². The Bertz CT molecular complexity index is 1180. The number of sulfonamides is 1. The Balaban J connectivity index is 0.000000572. The highest BCUT2D eigenvalue weighted by atomic mass is 32.2. The molecular weight excluding hydrogens is 499 g/mol. The van der Waals surface area contributed by atoms with Crippen LogP contribution in [0.15, 0.2) is 47.4 Å². The number of aryl methyl sites for hydroxylation is 3. The SMILES string of the molecule is Cc1cccc(CN(CC(=O)N2CCNCC2)S(=O)(=O)c2ccc(C)cc2C)c1.O=C(O)C(F)(F)F. The van der Waals surface area contributed by atoms with Gasteiger partial charge in [-0.15, -0.1) is 0 Å². The smallest absolute Gasteiger partial charge is 0.475 e. The molecule has 8 nitrogen and oxygen atoms in total. The van der Waals surface area contributed by atoms with Crippen molar-refractivity contribution in [2.45, 2.75) is 38.4 Å². The van der Waals surface area contributed by atoms with Crippen LogP contribution in [0.3, 0.4) is 0 Å². The van der Waals surface area contributed by atoms with Gasteiger partial charge in [0.15, 0.2) is 0 Å². The van der Waals surface area contributed by atoms with Crippen LogP contribution in [0, 0.1) is 20.8 Å². The second-order valence-electron chi connectivity index (χ2n) is 8.46. The maximum absolute atomic E-state index is 13.5. The molecule has 1 fully saturated rings. The van der Waals surface area contributed by atoms with Gasteiger partial charge in [0.2, 0.25) is 15.9 Å². The van der Waals surface area contributed by atoms with E-state index in [-0.39, 0.29) is 23.9 Å². The zero-order valence-electron chi connectivity index (χ0n) is 20.3. The number of alkyl halides is 3. The minimum Gasteiger partial charge on any atom is -0.475 e. The topological polar surface area (TPSA) is 107 Å². The summed E-state index contributed by atoms with van der Waals surface area (Å²) in [4.78, 5) is 23.8. The summed E-state index contributed by atoms with van der Waals surface area (Å²) in [6.07, 6.45) is -5.08. The molecule has 1 saturated heterocycles. The highest BCUT2D eigenvalue weighted by Gasteiger charge is 2.38. The molecule has 0 aromatic heterocycles. The highest BCUT2D eigenvalue weighted by molar-refractivity contribution is 7.89. The number of rotatable bonds is 6. The minimum atomic E-state index is -5.08. The minimum absolute atomic E-state index is 0.160. The summed E-state index contributed by atoms with van der Waals surface area (Å²) >= 11 is 0. The molecule has 0 radical (unpaired) electrons. The van der Waals surface area contributed by atoms with Crippen LogP contribution < -0.4 is 5.32 Å². The van der Waals surface area contributed by atoms with E-state index in [1.54, 1.807) is 24.0 Å². The van der Waals surface area contributed by atoms with Crippen LogP contribution in [0.1, 0.15) is 22.3 Å². The van der Waals surface area contributed by atoms with Crippen LogP contribution in [0.2, 0.25) is 0 Å².